The second-order valence-corrected chi connectivity index (χ2v) is 7.08. The van der Waals surface area contributed by atoms with E-state index in [1.807, 2.05) is 6.07 Å². The van der Waals surface area contributed by atoms with Gasteiger partial charge in [-0.1, -0.05) is 30.7 Å². The molecule has 21 heavy (non-hydrogen) atoms. The smallest absolute Gasteiger partial charge is 0.122 e. The van der Waals surface area contributed by atoms with Crippen molar-refractivity contribution in [3.05, 3.63) is 50.7 Å². The maximum atomic E-state index is 6.06. The van der Waals surface area contributed by atoms with Crippen molar-refractivity contribution in [3.8, 4) is 5.75 Å². The summed E-state index contributed by atoms with van der Waals surface area (Å²) in [4.78, 5) is 1.33. The van der Waals surface area contributed by atoms with Gasteiger partial charge in [-0.25, -0.2) is 0 Å². The number of nitrogens with one attached hydrogen (secondary N) is 1. The zero-order valence-corrected chi connectivity index (χ0v) is 13.8. The number of rotatable bonds is 6. The Morgan fingerprint density at radius 2 is 2.24 bits per heavy atom. The lowest BCUT2D eigenvalue weighted by atomic mass is 10.0. The van der Waals surface area contributed by atoms with E-state index in [1.165, 1.54) is 16.0 Å². The first-order valence-corrected chi connectivity index (χ1v) is 8.69. The third kappa shape index (κ3) is 3.60. The summed E-state index contributed by atoms with van der Waals surface area (Å²) < 4.78 is 6.43. The van der Waals surface area contributed by atoms with E-state index in [1.54, 1.807) is 11.3 Å². The van der Waals surface area contributed by atoms with Crippen molar-refractivity contribution in [2.45, 2.75) is 32.2 Å². The molecule has 3 rings (SSSR count). The summed E-state index contributed by atoms with van der Waals surface area (Å²) in [6.07, 6.45) is 3.20. The SMILES string of the molecule is CCNC(CCc1ccc2c(c1)CCO2)c1ccc(Cl)s1. The Balaban J connectivity index is 1.66. The Morgan fingerprint density at radius 3 is 3.00 bits per heavy atom. The molecule has 0 saturated heterocycles. The minimum absolute atomic E-state index is 0.386. The lowest BCUT2D eigenvalue weighted by Gasteiger charge is -2.16. The standard InChI is InChI=1S/C17H20ClNOS/c1-2-19-14(16-7-8-17(18)21-16)5-3-12-4-6-15-13(11-12)9-10-20-15/h4,6-8,11,14,19H,2-3,5,9-10H2,1H3. The summed E-state index contributed by atoms with van der Waals surface area (Å²) in [5.74, 6) is 1.06. The van der Waals surface area contributed by atoms with Crippen LogP contribution in [0, 0.1) is 0 Å². The molecule has 1 N–H and O–H groups in total. The fraction of sp³-hybridized carbons (Fsp3) is 0.412. The van der Waals surface area contributed by atoms with Gasteiger partial charge in [-0.3, -0.25) is 0 Å². The van der Waals surface area contributed by atoms with E-state index in [9.17, 15) is 0 Å². The van der Waals surface area contributed by atoms with Gasteiger partial charge in [0.2, 0.25) is 0 Å². The topological polar surface area (TPSA) is 21.3 Å². The average Bonchev–Trinajstić information content (AvgIpc) is 3.11. The van der Waals surface area contributed by atoms with Crippen molar-refractivity contribution in [2.75, 3.05) is 13.2 Å². The van der Waals surface area contributed by atoms with Crippen molar-refractivity contribution in [2.24, 2.45) is 0 Å². The molecule has 0 fully saturated rings. The Morgan fingerprint density at radius 1 is 1.33 bits per heavy atom. The van der Waals surface area contributed by atoms with Gasteiger partial charge in [0, 0.05) is 17.3 Å². The largest absolute Gasteiger partial charge is 0.493 e. The van der Waals surface area contributed by atoms with Crippen molar-refractivity contribution in [1.82, 2.24) is 5.32 Å². The number of ether oxygens (including phenoxy) is 1. The van der Waals surface area contributed by atoms with Gasteiger partial charge in [0.15, 0.2) is 0 Å². The fourth-order valence-corrected chi connectivity index (χ4v) is 3.98. The molecule has 0 bridgehead atoms. The molecule has 2 aromatic rings. The van der Waals surface area contributed by atoms with Crippen LogP contribution in [0.25, 0.3) is 0 Å². The predicted octanol–water partition coefficient (Wildman–Crippen LogP) is 4.62. The van der Waals surface area contributed by atoms with Crippen molar-refractivity contribution in [3.63, 3.8) is 0 Å². The van der Waals surface area contributed by atoms with Crippen LogP contribution in [0.15, 0.2) is 30.3 Å². The highest BCUT2D eigenvalue weighted by molar-refractivity contribution is 7.16. The first-order valence-electron chi connectivity index (χ1n) is 7.49. The monoisotopic (exact) mass is 321 g/mol. The van der Waals surface area contributed by atoms with E-state index in [2.05, 4.69) is 36.5 Å². The molecule has 2 heterocycles. The van der Waals surface area contributed by atoms with E-state index >= 15 is 0 Å². The van der Waals surface area contributed by atoms with Crippen LogP contribution >= 0.6 is 22.9 Å². The zero-order chi connectivity index (χ0) is 14.7. The molecule has 1 aliphatic rings. The van der Waals surface area contributed by atoms with Crippen LogP contribution in [0.5, 0.6) is 5.75 Å². The maximum Gasteiger partial charge on any atom is 0.122 e. The van der Waals surface area contributed by atoms with Gasteiger partial charge in [-0.05, 0) is 48.7 Å². The van der Waals surface area contributed by atoms with Gasteiger partial charge in [0.05, 0.1) is 10.9 Å². The minimum Gasteiger partial charge on any atom is -0.493 e. The maximum absolute atomic E-state index is 6.06. The Labute approximate surface area is 135 Å². The van der Waals surface area contributed by atoms with Gasteiger partial charge < -0.3 is 10.1 Å². The minimum atomic E-state index is 0.386. The first kappa shape index (κ1) is 14.9. The summed E-state index contributed by atoms with van der Waals surface area (Å²) in [6, 6.07) is 11.1. The molecular formula is C17H20ClNOS. The van der Waals surface area contributed by atoms with E-state index in [0.29, 0.717) is 6.04 Å². The van der Waals surface area contributed by atoms with Crippen LogP contribution in [0.1, 0.15) is 35.4 Å². The highest BCUT2D eigenvalue weighted by atomic mass is 35.5. The normalized spacial score (nSPS) is 14.8. The van der Waals surface area contributed by atoms with Crippen molar-refractivity contribution in [1.29, 1.82) is 0 Å². The summed E-state index contributed by atoms with van der Waals surface area (Å²) in [6.45, 7) is 3.94. The number of fused-ring (bicyclic) bond motifs is 1. The van der Waals surface area contributed by atoms with E-state index in [4.69, 9.17) is 16.3 Å². The van der Waals surface area contributed by atoms with Crippen LogP contribution in [0.3, 0.4) is 0 Å². The van der Waals surface area contributed by atoms with Gasteiger partial charge in [0.1, 0.15) is 5.75 Å². The fourth-order valence-electron chi connectivity index (χ4n) is 2.81. The Bertz CT molecular complexity index is 611. The van der Waals surface area contributed by atoms with Gasteiger partial charge in [0.25, 0.3) is 0 Å². The van der Waals surface area contributed by atoms with Gasteiger partial charge in [-0.15, -0.1) is 11.3 Å². The number of aryl methyl sites for hydroxylation is 1. The summed E-state index contributed by atoms with van der Waals surface area (Å²) in [5, 5.41) is 3.56. The third-order valence-corrected chi connectivity index (χ3v) is 5.21. The van der Waals surface area contributed by atoms with Crippen LogP contribution in [0.2, 0.25) is 4.34 Å². The van der Waals surface area contributed by atoms with Crippen LogP contribution in [-0.2, 0) is 12.8 Å². The van der Waals surface area contributed by atoms with Gasteiger partial charge in [-0.2, -0.15) is 0 Å². The molecule has 1 unspecified atom stereocenters. The molecule has 1 aromatic carbocycles. The molecule has 0 saturated carbocycles. The molecule has 112 valence electrons. The molecule has 0 aliphatic carbocycles. The average molecular weight is 322 g/mol. The van der Waals surface area contributed by atoms with E-state index in [0.717, 1.165) is 42.5 Å². The van der Waals surface area contributed by atoms with Crippen LogP contribution in [-0.4, -0.2) is 13.2 Å². The van der Waals surface area contributed by atoms with Crippen molar-refractivity contribution < 1.29 is 4.74 Å². The second kappa shape index (κ2) is 6.82. The summed E-state index contributed by atoms with van der Waals surface area (Å²) in [7, 11) is 0. The lowest BCUT2D eigenvalue weighted by molar-refractivity contribution is 0.357. The lowest BCUT2D eigenvalue weighted by Crippen LogP contribution is -2.20. The highest BCUT2D eigenvalue weighted by Gasteiger charge is 2.15. The first-order chi connectivity index (χ1) is 10.3. The summed E-state index contributed by atoms with van der Waals surface area (Å²) >= 11 is 7.74. The predicted molar refractivity (Wildman–Crippen MR) is 89.7 cm³/mol. The molecule has 4 heteroatoms. The van der Waals surface area contributed by atoms with Crippen LogP contribution in [0.4, 0.5) is 0 Å². The molecule has 0 spiro atoms. The van der Waals surface area contributed by atoms with Crippen molar-refractivity contribution >= 4 is 22.9 Å². The second-order valence-electron chi connectivity index (χ2n) is 5.33. The van der Waals surface area contributed by atoms with Crippen LogP contribution < -0.4 is 10.1 Å². The number of hydrogen-bond donors (Lipinski definition) is 1. The number of hydrogen-bond acceptors (Lipinski definition) is 3. The van der Waals surface area contributed by atoms with Gasteiger partial charge >= 0.3 is 0 Å². The quantitative estimate of drug-likeness (QED) is 0.838. The Kier molecular flexibility index (Phi) is 4.84. The molecule has 2 nitrogen and oxygen atoms in total. The molecule has 1 atom stereocenters. The summed E-state index contributed by atoms with van der Waals surface area (Å²) in [5.41, 5.74) is 2.75. The van der Waals surface area contributed by atoms with E-state index < -0.39 is 0 Å². The number of halogens is 1. The molecule has 1 aliphatic heterocycles. The Hall–Kier alpha value is -1.03. The molecular weight excluding hydrogens is 302 g/mol. The molecule has 0 radical (unpaired) electrons. The molecule has 0 amide bonds. The molecule has 1 aromatic heterocycles. The number of benzene rings is 1. The van der Waals surface area contributed by atoms with E-state index in [-0.39, 0.29) is 0 Å². The zero-order valence-electron chi connectivity index (χ0n) is 12.2. The third-order valence-electron chi connectivity index (χ3n) is 3.86. The number of thiophene rings is 1. The highest BCUT2D eigenvalue weighted by Crippen LogP contribution is 2.31.